The van der Waals surface area contributed by atoms with Crippen molar-refractivity contribution in [2.24, 2.45) is 23.7 Å². The van der Waals surface area contributed by atoms with E-state index in [-0.39, 0.29) is 37.6 Å². The van der Waals surface area contributed by atoms with Crippen LogP contribution in [0.4, 0.5) is 4.79 Å². The van der Waals surface area contributed by atoms with Gasteiger partial charge in [0.2, 0.25) is 0 Å². The minimum absolute atomic E-state index is 0.0546. The van der Waals surface area contributed by atoms with Crippen LogP contribution in [0, 0.1) is 23.7 Å². The van der Waals surface area contributed by atoms with Gasteiger partial charge in [-0.1, -0.05) is 36.4 Å². The van der Waals surface area contributed by atoms with Crippen LogP contribution in [0.1, 0.15) is 32.3 Å². The number of amides is 1. The topological polar surface area (TPSA) is 90.9 Å². The maximum absolute atomic E-state index is 13.2. The highest BCUT2D eigenvalue weighted by molar-refractivity contribution is 5.93. The number of benzene rings is 1. The Labute approximate surface area is 176 Å². The molecule has 1 amide bonds. The molecule has 2 aliphatic rings. The fourth-order valence-electron chi connectivity index (χ4n) is 5.02. The molecule has 1 aromatic carbocycles. The molecule has 7 heteroatoms. The van der Waals surface area contributed by atoms with E-state index in [2.05, 4.69) is 11.9 Å². The molecule has 1 aromatic rings. The lowest BCUT2D eigenvalue weighted by Gasteiger charge is -2.42. The number of carbonyl (C=O) groups is 3. The number of alkyl carbamates (subject to hydrolysis) is 1. The Balaban J connectivity index is 1.88. The lowest BCUT2D eigenvalue weighted by atomic mass is 9.68. The fraction of sp³-hybridized carbons (Fsp3) is 0.522. The highest BCUT2D eigenvalue weighted by Gasteiger charge is 2.69. The van der Waals surface area contributed by atoms with Gasteiger partial charge in [-0.25, -0.2) is 9.59 Å². The molecular weight excluding hydrogens is 386 g/mol. The monoisotopic (exact) mass is 415 g/mol. The van der Waals surface area contributed by atoms with Gasteiger partial charge in [-0.15, -0.1) is 6.58 Å². The van der Waals surface area contributed by atoms with Crippen LogP contribution in [0.3, 0.4) is 0 Å². The second kappa shape index (κ2) is 9.32. The zero-order valence-corrected chi connectivity index (χ0v) is 17.5. The number of allylic oxidation sites excluding steroid dienone is 1. The predicted octanol–water partition coefficient (Wildman–Crippen LogP) is 3.24. The molecule has 2 saturated carbocycles. The summed E-state index contributed by atoms with van der Waals surface area (Å²) in [7, 11) is 0. The van der Waals surface area contributed by atoms with Gasteiger partial charge < -0.3 is 19.5 Å². The number of fused-ring (bicyclic) bond motifs is 2. The first-order valence-corrected chi connectivity index (χ1v) is 10.4. The SMILES string of the molecule is C=C[C@H]1C[C@H]2C[C@@H]1[C@@H](C(=O)OCC)[C@]2(NC(=O)OCc1ccccc1)C(=O)OCC. The van der Waals surface area contributed by atoms with E-state index in [1.165, 1.54) is 0 Å². The highest BCUT2D eigenvalue weighted by atomic mass is 16.6. The van der Waals surface area contributed by atoms with Crippen molar-refractivity contribution in [2.45, 2.75) is 38.8 Å². The van der Waals surface area contributed by atoms with E-state index in [1.807, 2.05) is 36.4 Å². The molecule has 0 unspecified atom stereocenters. The summed E-state index contributed by atoms with van der Waals surface area (Å²) in [6.07, 6.45) is 2.31. The molecular formula is C23H29NO6. The van der Waals surface area contributed by atoms with Gasteiger partial charge in [0.05, 0.1) is 19.1 Å². The molecule has 3 rings (SSSR count). The lowest BCUT2D eigenvalue weighted by Crippen LogP contribution is -2.65. The van der Waals surface area contributed by atoms with Crippen LogP contribution in [-0.4, -0.2) is 36.8 Å². The van der Waals surface area contributed by atoms with Gasteiger partial charge in [0.15, 0.2) is 5.54 Å². The Hall–Kier alpha value is -2.83. The maximum Gasteiger partial charge on any atom is 0.408 e. The molecule has 2 aliphatic carbocycles. The zero-order chi connectivity index (χ0) is 21.7. The van der Waals surface area contributed by atoms with Gasteiger partial charge in [0, 0.05) is 0 Å². The number of rotatable bonds is 8. The smallest absolute Gasteiger partial charge is 0.408 e. The van der Waals surface area contributed by atoms with E-state index in [0.29, 0.717) is 12.8 Å². The Morgan fingerprint density at radius 1 is 1.10 bits per heavy atom. The number of carbonyl (C=O) groups excluding carboxylic acids is 3. The van der Waals surface area contributed by atoms with E-state index in [9.17, 15) is 14.4 Å². The number of esters is 2. The summed E-state index contributed by atoms with van der Waals surface area (Å²) in [6.45, 7) is 7.65. The quantitative estimate of drug-likeness (QED) is 0.398. The number of hydrogen-bond donors (Lipinski definition) is 1. The molecule has 0 heterocycles. The number of nitrogens with one attached hydrogen (secondary N) is 1. The third-order valence-corrected chi connectivity index (χ3v) is 6.20. The minimum Gasteiger partial charge on any atom is -0.466 e. The van der Waals surface area contributed by atoms with E-state index < -0.39 is 29.5 Å². The Bertz CT molecular complexity index is 794. The Kier molecular flexibility index (Phi) is 6.80. The summed E-state index contributed by atoms with van der Waals surface area (Å²) in [4.78, 5) is 38.8. The molecule has 1 N–H and O–H groups in total. The van der Waals surface area contributed by atoms with Crippen molar-refractivity contribution in [2.75, 3.05) is 13.2 Å². The second-order valence-electron chi connectivity index (χ2n) is 7.74. The standard InChI is InChI=1S/C23H29NO6/c1-4-16-12-17-13-18(16)19(20(25)28-5-2)23(17,21(26)29-6-3)24-22(27)30-14-15-10-8-7-9-11-15/h4,7-11,16-19H,1,5-6,12-14H2,2-3H3,(H,24,27)/t16-,17-,18-,19-,23-/m0/s1. The summed E-state index contributed by atoms with van der Waals surface area (Å²) in [5.74, 6) is -2.30. The second-order valence-corrected chi connectivity index (χ2v) is 7.74. The van der Waals surface area contributed by atoms with E-state index in [4.69, 9.17) is 14.2 Å². The highest BCUT2D eigenvalue weighted by Crippen LogP contribution is 2.58. The number of ether oxygens (including phenoxy) is 3. The molecule has 0 aromatic heterocycles. The van der Waals surface area contributed by atoms with E-state index in [1.54, 1.807) is 13.8 Å². The van der Waals surface area contributed by atoms with Gasteiger partial charge >= 0.3 is 18.0 Å². The van der Waals surface area contributed by atoms with Crippen LogP contribution in [0.25, 0.3) is 0 Å². The van der Waals surface area contributed by atoms with Crippen LogP contribution in [0.5, 0.6) is 0 Å². The van der Waals surface area contributed by atoms with Gasteiger partial charge in [-0.05, 0) is 50.0 Å². The predicted molar refractivity (Wildman–Crippen MR) is 109 cm³/mol. The van der Waals surface area contributed by atoms with Gasteiger partial charge in [-0.2, -0.15) is 0 Å². The normalized spacial score (nSPS) is 29.1. The number of hydrogen-bond acceptors (Lipinski definition) is 6. The molecule has 7 nitrogen and oxygen atoms in total. The van der Waals surface area contributed by atoms with Crippen LogP contribution in [0.15, 0.2) is 43.0 Å². The van der Waals surface area contributed by atoms with Gasteiger partial charge in [0.25, 0.3) is 0 Å². The van der Waals surface area contributed by atoms with Crippen molar-refractivity contribution >= 4 is 18.0 Å². The molecule has 2 fully saturated rings. The fourth-order valence-corrected chi connectivity index (χ4v) is 5.02. The molecule has 30 heavy (non-hydrogen) atoms. The van der Waals surface area contributed by atoms with Crippen LogP contribution in [-0.2, 0) is 30.4 Å². The lowest BCUT2D eigenvalue weighted by molar-refractivity contribution is -0.168. The molecule has 162 valence electrons. The average molecular weight is 415 g/mol. The summed E-state index contributed by atoms with van der Waals surface area (Å²) < 4.78 is 16.0. The van der Waals surface area contributed by atoms with Crippen molar-refractivity contribution in [1.29, 1.82) is 0 Å². The Morgan fingerprint density at radius 3 is 2.43 bits per heavy atom. The molecule has 0 saturated heterocycles. The van der Waals surface area contributed by atoms with Crippen molar-refractivity contribution in [3.05, 3.63) is 48.6 Å². The molecule has 5 atom stereocenters. The maximum atomic E-state index is 13.2. The first-order chi connectivity index (χ1) is 14.5. The van der Waals surface area contributed by atoms with Crippen molar-refractivity contribution in [3.63, 3.8) is 0 Å². The summed E-state index contributed by atoms with van der Waals surface area (Å²) >= 11 is 0. The van der Waals surface area contributed by atoms with Crippen LogP contribution < -0.4 is 5.32 Å². The van der Waals surface area contributed by atoms with Crippen LogP contribution >= 0.6 is 0 Å². The van der Waals surface area contributed by atoms with Crippen molar-refractivity contribution in [3.8, 4) is 0 Å². The minimum atomic E-state index is -1.50. The third-order valence-electron chi connectivity index (χ3n) is 6.20. The zero-order valence-electron chi connectivity index (χ0n) is 17.5. The Morgan fingerprint density at radius 2 is 1.80 bits per heavy atom. The molecule has 2 bridgehead atoms. The van der Waals surface area contributed by atoms with Gasteiger partial charge in [0.1, 0.15) is 6.61 Å². The van der Waals surface area contributed by atoms with Gasteiger partial charge in [-0.3, -0.25) is 4.79 Å². The third kappa shape index (κ3) is 3.93. The van der Waals surface area contributed by atoms with Crippen LogP contribution in [0.2, 0.25) is 0 Å². The summed E-state index contributed by atoms with van der Waals surface area (Å²) in [5, 5.41) is 2.74. The van der Waals surface area contributed by atoms with Crippen molar-refractivity contribution < 1.29 is 28.6 Å². The summed E-state index contributed by atoms with van der Waals surface area (Å²) in [5.41, 5.74) is -0.681. The molecule has 0 spiro atoms. The van der Waals surface area contributed by atoms with E-state index in [0.717, 1.165) is 5.56 Å². The summed E-state index contributed by atoms with van der Waals surface area (Å²) in [6, 6.07) is 9.23. The van der Waals surface area contributed by atoms with Crippen molar-refractivity contribution in [1.82, 2.24) is 5.32 Å². The van der Waals surface area contributed by atoms with E-state index >= 15 is 0 Å². The molecule has 0 aliphatic heterocycles. The largest absolute Gasteiger partial charge is 0.466 e. The molecule has 0 radical (unpaired) electrons. The first kappa shape index (κ1) is 21.9. The first-order valence-electron chi connectivity index (χ1n) is 10.4. The average Bonchev–Trinajstić information content (AvgIpc) is 3.30.